The SMILES string of the molecule is Cn1cnc2ncn(CC(=O)NCCCOc3cccc(Cl)c3)c(=O)c21. The number of nitrogens with zero attached hydrogens (tertiary/aromatic N) is 4. The summed E-state index contributed by atoms with van der Waals surface area (Å²) < 4.78 is 8.40. The minimum Gasteiger partial charge on any atom is -0.493 e. The van der Waals surface area contributed by atoms with E-state index in [-0.39, 0.29) is 18.0 Å². The van der Waals surface area contributed by atoms with Crippen molar-refractivity contribution >= 4 is 28.7 Å². The molecule has 136 valence electrons. The molecule has 2 aromatic heterocycles. The van der Waals surface area contributed by atoms with Gasteiger partial charge in [0.2, 0.25) is 5.91 Å². The molecule has 0 atom stereocenters. The van der Waals surface area contributed by atoms with Crippen LogP contribution in [-0.2, 0) is 18.4 Å². The van der Waals surface area contributed by atoms with Crippen LogP contribution in [0, 0.1) is 0 Å². The van der Waals surface area contributed by atoms with E-state index in [1.54, 1.807) is 23.7 Å². The molecule has 1 amide bonds. The maximum atomic E-state index is 12.4. The lowest BCUT2D eigenvalue weighted by Crippen LogP contribution is -2.33. The number of carbonyl (C=O) groups is 1. The second-order valence-electron chi connectivity index (χ2n) is 5.71. The van der Waals surface area contributed by atoms with E-state index in [4.69, 9.17) is 16.3 Å². The summed E-state index contributed by atoms with van der Waals surface area (Å²) >= 11 is 5.88. The van der Waals surface area contributed by atoms with Crippen molar-refractivity contribution in [1.82, 2.24) is 24.4 Å². The molecule has 0 saturated carbocycles. The van der Waals surface area contributed by atoms with Gasteiger partial charge in [0.1, 0.15) is 18.6 Å². The molecule has 0 saturated heterocycles. The van der Waals surface area contributed by atoms with Crippen LogP contribution in [-0.4, -0.2) is 38.2 Å². The third-order valence-electron chi connectivity index (χ3n) is 3.72. The molecule has 26 heavy (non-hydrogen) atoms. The number of benzene rings is 1. The number of hydrogen-bond donors (Lipinski definition) is 1. The number of nitrogens with one attached hydrogen (secondary N) is 1. The summed E-state index contributed by atoms with van der Waals surface area (Å²) in [7, 11) is 1.71. The Morgan fingerprint density at radius 2 is 2.12 bits per heavy atom. The highest BCUT2D eigenvalue weighted by Crippen LogP contribution is 2.16. The van der Waals surface area contributed by atoms with Gasteiger partial charge in [-0.3, -0.25) is 14.2 Å². The highest BCUT2D eigenvalue weighted by atomic mass is 35.5. The number of fused-ring (bicyclic) bond motifs is 1. The molecule has 9 heteroatoms. The van der Waals surface area contributed by atoms with Gasteiger partial charge in [0.05, 0.1) is 12.9 Å². The van der Waals surface area contributed by atoms with Gasteiger partial charge in [-0.1, -0.05) is 17.7 Å². The number of hydrogen-bond acceptors (Lipinski definition) is 5. The zero-order valence-electron chi connectivity index (χ0n) is 14.2. The van der Waals surface area contributed by atoms with E-state index in [2.05, 4.69) is 15.3 Å². The molecule has 3 aromatic rings. The van der Waals surface area contributed by atoms with Gasteiger partial charge in [0, 0.05) is 18.6 Å². The zero-order chi connectivity index (χ0) is 18.5. The van der Waals surface area contributed by atoms with Crippen molar-refractivity contribution in [3.05, 3.63) is 52.3 Å². The average Bonchev–Trinajstić information content (AvgIpc) is 2.99. The van der Waals surface area contributed by atoms with Crippen LogP contribution in [0.5, 0.6) is 5.75 Å². The molecule has 0 aliphatic rings. The minimum atomic E-state index is -0.297. The highest BCUT2D eigenvalue weighted by Gasteiger charge is 2.11. The first kappa shape index (κ1) is 17.9. The van der Waals surface area contributed by atoms with Crippen molar-refractivity contribution in [3.63, 3.8) is 0 Å². The summed E-state index contributed by atoms with van der Waals surface area (Å²) in [6.45, 7) is 0.792. The van der Waals surface area contributed by atoms with E-state index in [0.717, 1.165) is 0 Å². The van der Waals surface area contributed by atoms with Gasteiger partial charge in [-0.15, -0.1) is 0 Å². The lowest BCUT2D eigenvalue weighted by molar-refractivity contribution is -0.121. The first-order chi connectivity index (χ1) is 12.5. The molecule has 1 aromatic carbocycles. The monoisotopic (exact) mass is 375 g/mol. The highest BCUT2D eigenvalue weighted by molar-refractivity contribution is 6.30. The van der Waals surface area contributed by atoms with Gasteiger partial charge in [-0.25, -0.2) is 9.97 Å². The third-order valence-corrected chi connectivity index (χ3v) is 3.96. The maximum Gasteiger partial charge on any atom is 0.280 e. The van der Waals surface area contributed by atoms with Gasteiger partial charge in [-0.2, -0.15) is 0 Å². The number of imidazole rings is 1. The van der Waals surface area contributed by atoms with E-state index < -0.39 is 0 Å². The fraction of sp³-hybridized carbons (Fsp3) is 0.294. The molecule has 2 heterocycles. The Balaban J connectivity index is 1.46. The number of carbonyl (C=O) groups excluding carboxylic acids is 1. The van der Waals surface area contributed by atoms with E-state index in [9.17, 15) is 9.59 Å². The molecule has 0 radical (unpaired) electrons. The quantitative estimate of drug-likeness (QED) is 0.630. The molecule has 0 spiro atoms. The number of halogens is 1. The fourth-order valence-electron chi connectivity index (χ4n) is 2.44. The van der Waals surface area contributed by atoms with Gasteiger partial charge in [-0.05, 0) is 24.6 Å². The van der Waals surface area contributed by atoms with Crippen LogP contribution in [0.25, 0.3) is 11.2 Å². The van der Waals surface area contributed by atoms with Crippen molar-refractivity contribution in [3.8, 4) is 5.75 Å². The van der Waals surface area contributed by atoms with Crippen LogP contribution >= 0.6 is 11.6 Å². The average molecular weight is 376 g/mol. The second-order valence-corrected chi connectivity index (χ2v) is 6.15. The summed E-state index contributed by atoms with van der Waals surface area (Å²) in [5.74, 6) is 0.420. The lowest BCUT2D eigenvalue weighted by Gasteiger charge is -2.09. The Morgan fingerprint density at radius 3 is 2.92 bits per heavy atom. The van der Waals surface area contributed by atoms with Crippen molar-refractivity contribution in [2.45, 2.75) is 13.0 Å². The van der Waals surface area contributed by atoms with E-state index in [1.165, 1.54) is 17.2 Å². The lowest BCUT2D eigenvalue weighted by atomic mass is 10.3. The van der Waals surface area contributed by atoms with Crippen LogP contribution < -0.4 is 15.6 Å². The standard InChI is InChI=1S/C17H18ClN5O3/c1-22-10-20-16-15(22)17(25)23(11-21-16)9-14(24)19-6-3-7-26-13-5-2-4-12(18)8-13/h2,4-5,8,10-11H,3,6-7,9H2,1H3,(H,19,24). The Hall–Kier alpha value is -2.87. The normalized spacial score (nSPS) is 10.8. The smallest absolute Gasteiger partial charge is 0.280 e. The van der Waals surface area contributed by atoms with Crippen LogP contribution in [0.15, 0.2) is 41.7 Å². The van der Waals surface area contributed by atoms with Gasteiger partial charge >= 0.3 is 0 Å². The summed E-state index contributed by atoms with van der Waals surface area (Å²) in [5.41, 5.74) is 0.442. The Kier molecular flexibility index (Phi) is 5.52. The Bertz CT molecular complexity index is 982. The van der Waals surface area contributed by atoms with Gasteiger partial charge in [0.25, 0.3) is 5.56 Å². The molecular formula is C17H18ClN5O3. The number of aryl methyl sites for hydroxylation is 1. The van der Waals surface area contributed by atoms with Crippen LogP contribution in [0.3, 0.4) is 0 Å². The van der Waals surface area contributed by atoms with Crippen LogP contribution in [0.1, 0.15) is 6.42 Å². The summed E-state index contributed by atoms with van der Waals surface area (Å²) in [4.78, 5) is 32.5. The minimum absolute atomic E-state index is 0.0951. The molecular weight excluding hydrogens is 358 g/mol. The van der Waals surface area contributed by atoms with Crippen LogP contribution in [0.2, 0.25) is 5.02 Å². The predicted molar refractivity (Wildman–Crippen MR) is 97.3 cm³/mol. The molecule has 0 fully saturated rings. The van der Waals surface area contributed by atoms with Crippen molar-refractivity contribution in [1.29, 1.82) is 0 Å². The molecule has 0 unspecified atom stereocenters. The van der Waals surface area contributed by atoms with E-state index >= 15 is 0 Å². The van der Waals surface area contributed by atoms with Gasteiger partial charge < -0.3 is 14.6 Å². The summed E-state index contributed by atoms with van der Waals surface area (Å²) in [6.07, 6.45) is 3.48. The number of aromatic nitrogens is 4. The second kappa shape index (κ2) is 8.01. The van der Waals surface area contributed by atoms with Crippen molar-refractivity contribution in [2.75, 3.05) is 13.2 Å². The van der Waals surface area contributed by atoms with Crippen molar-refractivity contribution in [2.24, 2.45) is 7.05 Å². The van der Waals surface area contributed by atoms with E-state index in [1.807, 2.05) is 12.1 Å². The van der Waals surface area contributed by atoms with Crippen LogP contribution in [0.4, 0.5) is 0 Å². The topological polar surface area (TPSA) is 91.0 Å². The summed E-state index contributed by atoms with van der Waals surface area (Å²) in [5, 5.41) is 3.37. The predicted octanol–water partition coefficient (Wildman–Crippen LogP) is 1.37. The van der Waals surface area contributed by atoms with Crippen molar-refractivity contribution < 1.29 is 9.53 Å². The molecule has 0 aliphatic carbocycles. The maximum absolute atomic E-state index is 12.4. The van der Waals surface area contributed by atoms with E-state index in [0.29, 0.717) is 41.5 Å². The Morgan fingerprint density at radius 1 is 1.31 bits per heavy atom. The molecule has 0 bridgehead atoms. The largest absolute Gasteiger partial charge is 0.493 e. The molecule has 8 nitrogen and oxygen atoms in total. The van der Waals surface area contributed by atoms with Gasteiger partial charge in [0.15, 0.2) is 11.2 Å². The number of amides is 1. The molecule has 0 aliphatic heterocycles. The first-order valence-electron chi connectivity index (χ1n) is 8.06. The fourth-order valence-corrected chi connectivity index (χ4v) is 2.62. The Labute approximate surface area is 154 Å². The zero-order valence-corrected chi connectivity index (χ0v) is 14.9. The molecule has 3 rings (SSSR count). The first-order valence-corrected chi connectivity index (χ1v) is 8.44. The molecule has 1 N–H and O–H groups in total. The third kappa shape index (κ3) is 4.20. The number of ether oxygens (including phenoxy) is 1. The number of rotatable bonds is 7. The summed E-state index contributed by atoms with van der Waals surface area (Å²) in [6, 6.07) is 7.13.